The van der Waals surface area contributed by atoms with Crippen LogP contribution < -0.4 is 37.2 Å². The minimum atomic E-state index is -1.23. The van der Waals surface area contributed by atoms with E-state index in [1.807, 2.05) is 0 Å². The fourth-order valence-electron chi connectivity index (χ4n) is 9.62. The lowest BCUT2D eigenvalue weighted by molar-refractivity contribution is -0.163. The first-order valence-corrected chi connectivity index (χ1v) is 30.7. The Labute approximate surface area is 488 Å². The number of esters is 1. The van der Waals surface area contributed by atoms with Crippen molar-refractivity contribution in [3.05, 3.63) is 34.9 Å². The van der Waals surface area contributed by atoms with E-state index in [0.717, 1.165) is 64.2 Å². The zero-order valence-electron chi connectivity index (χ0n) is 53.0. The number of amides is 7. The van der Waals surface area contributed by atoms with Crippen LogP contribution >= 0.6 is 0 Å². The fraction of sp³-hybridized carbons (Fsp3) is 0.781. The molecule has 0 aliphatic heterocycles. The molecule has 4 atom stereocenters. The number of carbonyl (C=O) groups excluding carboxylic acids is 8. The number of urea groups is 1. The fourth-order valence-corrected chi connectivity index (χ4v) is 9.62. The van der Waals surface area contributed by atoms with Gasteiger partial charge in [-0.05, 0) is 184 Å². The highest BCUT2D eigenvalue weighted by atomic mass is 16.6. The summed E-state index contributed by atoms with van der Waals surface area (Å²) in [7, 11) is 0. The van der Waals surface area contributed by atoms with E-state index in [1.165, 1.54) is 29.5 Å². The topological polar surface area (TPSA) is 239 Å². The van der Waals surface area contributed by atoms with Crippen LogP contribution in [0.5, 0.6) is 0 Å². The van der Waals surface area contributed by atoms with Gasteiger partial charge in [0, 0.05) is 51.0 Å². The molecule has 1 aliphatic rings. The highest BCUT2D eigenvalue weighted by Gasteiger charge is 2.34. The summed E-state index contributed by atoms with van der Waals surface area (Å²) in [6, 6.07) is 3.99. The molecule has 1 aromatic rings. The molecular weight excluding hydrogens is 1030 g/mol. The van der Waals surface area contributed by atoms with Gasteiger partial charge < -0.3 is 46.7 Å². The molecule has 0 saturated carbocycles. The van der Waals surface area contributed by atoms with Crippen LogP contribution in [0.1, 0.15) is 249 Å². The number of benzene rings is 1. The van der Waals surface area contributed by atoms with Crippen molar-refractivity contribution in [1.82, 2.24) is 37.2 Å². The first-order valence-electron chi connectivity index (χ1n) is 30.7. The standard InChI is InChI=1S/C64H111N7O10/c1-60(2,3)40-39-51(62(7,8)9)71-58(78)70-50(61(4,5)6)37-38-53(73)66-41-24-18-16-17-19-33-54(74)68-49(32-23-26-43-67-59(79)81-64(13,14)15)56(76)69-48(55(75)57(77)80-63(10,11)12)31-22-25-42-65-52(72)34-27-28-45-35-36-46-29-20-21-30-47(46)44-45/h35-36,44,48-51H,16-34,37-43H2,1-15H3,(H,65,72)(H,66,73)(H,67,79)(H,68,74)(H,69,76)(H2,70,71,78)/t48-,49-,50-,51-/m0/s1. The summed E-state index contributed by atoms with van der Waals surface area (Å²) in [5.41, 5.74) is 2.28. The first-order chi connectivity index (χ1) is 37.6. The summed E-state index contributed by atoms with van der Waals surface area (Å²) in [5, 5.41) is 20.7. The lowest BCUT2D eigenvalue weighted by atomic mass is 9.79. The number of nitrogens with one attached hydrogen (secondary N) is 7. The molecule has 7 amide bonds. The van der Waals surface area contributed by atoms with Crippen LogP contribution in [-0.4, -0.2) is 103 Å². The molecule has 7 N–H and O–H groups in total. The first kappa shape index (κ1) is 71.9. The summed E-state index contributed by atoms with van der Waals surface area (Å²) in [4.78, 5) is 105. The molecule has 1 aromatic carbocycles. The van der Waals surface area contributed by atoms with Crippen LogP contribution in [-0.2, 0) is 57.5 Å². The molecule has 0 radical (unpaired) electrons. The zero-order chi connectivity index (χ0) is 61.0. The predicted molar refractivity (Wildman–Crippen MR) is 322 cm³/mol. The van der Waals surface area contributed by atoms with Gasteiger partial charge in [0.2, 0.25) is 23.6 Å². The molecule has 0 aromatic heterocycles. The number of alkyl carbamates (subject to hydrolysis) is 1. The van der Waals surface area contributed by atoms with Crippen LogP contribution in [0.15, 0.2) is 18.2 Å². The van der Waals surface area contributed by atoms with E-state index in [9.17, 15) is 38.4 Å². The van der Waals surface area contributed by atoms with Crippen molar-refractivity contribution in [2.75, 3.05) is 19.6 Å². The average molecular weight is 1140 g/mol. The summed E-state index contributed by atoms with van der Waals surface area (Å²) < 4.78 is 10.7. The predicted octanol–water partition coefficient (Wildman–Crippen LogP) is 10.9. The van der Waals surface area contributed by atoms with Gasteiger partial charge in [-0.15, -0.1) is 0 Å². The second-order valence-electron chi connectivity index (χ2n) is 27.9. The molecule has 0 fully saturated rings. The van der Waals surface area contributed by atoms with E-state index in [1.54, 1.807) is 41.5 Å². The molecule has 0 unspecified atom stereocenters. The van der Waals surface area contributed by atoms with Crippen LogP contribution in [0.2, 0.25) is 0 Å². The van der Waals surface area contributed by atoms with Gasteiger partial charge in [-0.25, -0.2) is 14.4 Å². The smallest absolute Gasteiger partial charge is 0.407 e. The molecule has 462 valence electrons. The van der Waals surface area contributed by atoms with Crippen LogP contribution in [0, 0.1) is 16.2 Å². The molecule has 0 saturated heterocycles. The Morgan fingerprint density at radius 2 is 0.988 bits per heavy atom. The zero-order valence-corrected chi connectivity index (χ0v) is 53.0. The normalized spacial score (nSPS) is 14.5. The average Bonchev–Trinajstić information content (AvgIpc) is 3.34. The Hall–Kier alpha value is -5.22. The van der Waals surface area contributed by atoms with E-state index in [-0.39, 0.29) is 84.3 Å². The van der Waals surface area contributed by atoms with E-state index in [0.29, 0.717) is 58.0 Å². The Bertz CT molecular complexity index is 2140. The largest absolute Gasteiger partial charge is 0.454 e. The number of ether oxygens (including phenoxy) is 2. The minimum absolute atomic E-state index is 0.00120. The number of aryl methyl sites for hydroxylation is 3. The number of fused-ring (bicyclic) bond motifs is 1. The van der Waals surface area contributed by atoms with Gasteiger partial charge in [0.1, 0.15) is 17.2 Å². The van der Waals surface area contributed by atoms with Crippen molar-refractivity contribution in [2.24, 2.45) is 16.2 Å². The van der Waals surface area contributed by atoms with Crippen molar-refractivity contribution < 1.29 is 47.8 Å². The van der Waals surface area contributed by atoms with Crippen molar-refractivity contribution in [3.8, 4) is 0 Å². The van der Waals surface area contributed by atoms with Gasteiger partial charge >= 0.3 is 18.1 Å². The number of rotatable bonds is 34. The molecular formula is C64H111N7O10. The number of ketones is 1. The molecule has 17 nitrogen and oxygen atoms in total. The van der Waals surface area contributed by atoms with Gasteiger partial charge in [-0.3, -0.25) is 24.0 Å². The molecule has 0 bridgehead atoms. The lowest BCUT2D eigenvalue weighted by Gasteiger charge is -2.36. The monoisotopic (exact) mass is 1140 g/mol. The number of carbonyl (C=O) groups is 8. The molecule has 2 rings (SSSR count). The third-order valence-corrected chi connectivity index (χ3v) is 14.4. The van der Waals surface area contributed by atoms with Crippen LogP contribution in [0.4, 0.5) is 9.59 Å². The molecule has 1 aliphatic carbocycles. The second-order valence-corrected chi connectivity index (χ2v) is 27.9. The number of Topliss-reactive ketones (excluding diaryl/α,β-unsaturated/α-hetero) is 1. The third kappa shape index (κ3) is 33.5. The van der Waals surface area contributed by atoms with Gasteiger partial charge in [0.05, 0.1) is 6.04 Å². The Morgan fingerprint density at radius 1 is 0.481 bits per heavy atom. The summed E-state index contributed by atoms with van der Waals surface area (Å²) in [6.45, 7) is 30.6. The lowest BCUT2D eigenvalue weighted by Crippen LogP contribution is -2.53. The van der Waals surface area contributed by atoms with Crippen molar-refractivity contribution in [2.45, 2.75) is 287 Å². The van der Waals surface area contributed by atoms with Crippen molar-refractivity contribution in [1.29, 1.82) is 0 Å². The maximum absolute atomic E-state index is 14.1. The Morgan fingerprint density at radius 3 is 1.57 bits per heavy atom. The molecule has 81 heavy (non-hydrogen) atoms. The Balaban J connectivity index is 1.93. The number of hydrogen-bond donors (Lipinski definition) is 7. The van der Waals surface area contributed by atoms with E-state index in [4.69, 9.17) is 9.47 Å². The SMILES string of the molecule is CC(C)(C)CC[C@H](NC(=O)N[C@@H](CCC(=O)NCCCCCCCC(=O)N[C@@H](CCCCNC(=O)OC(C)(C)C)C(=O)N[C@@H](CCCCNC(=O)CCCc1ccc2c(c1)CCCC2)C(=O)C(=O)OC(C)(C)C)C(C)(C)C)C(C)(C)C. The van der Waals surface area contributed by atoms with Crippen molar-refractivity contribution >= 4 is 47.5 Å². The summed E-state index contributed by atoms with van der Waals surface area (Å²) in [5.74, 6) is -3.07. The second kappa shape index (κ2) is 35.0. The van der Waals surface area contributed by atoms with Crippen LogP contribution in [0.25, 0.3) is 0 Å². The van der Waals surface area contributed by atoms with E-state index < -0.39 is 47.0 Å². The van der Waals surface area contributed by atoms with Gasteiger partial charge in [0.15, 0.2) is 0 Å². The van der Waals surface area contributed by atoms with Crippen molar-refractivity contribution in [3.63, 3.8) is 0 Å². The quantitative estimate of drug-likeness (QED) is 0.0196. The van der Waals surface area contributed by atoms with Gasteiger partial charge in [-0.2, -0.15) is 0 Å². The molecule has 0 spiro atoms. The highest BCUT2D eigenvalue weighted by molar-refractivity contribution is 6.36. The number of hydrogen-bond acceptors (Lipinski definition) is 10. The maximum Gasteiger partial charge on any atom is 0.407 e. The molecule has 17 heteroatoms. The number of unbranched alkanes of at least 4 members (excludes halogenated alkanes) is 6. The van der Waals surface area contributed by atoms with Gasteiger partial charge in [-0.1, -0.05) is 99.8 Å². The Kier molecular flexibility index (Phi) is 31.1. The maximum atomic E-state index is 14.1. The highest BCUT2D eigenvalue weighted by Crippen LogP contribution is 2.30. The summed E-state index contributed by atoms with van der Waals surface area (Å²) >= 11 is 0. The van der Waals surface area contributed by atoms with E-state index in [2.05, 4.69) is 118 Å². The molecule has 0 heterocycles. The third-order valence-electron chi connectivity index (χ3n) is 14.4. The van der Waals surface area contributed by atoms with Crippen LogP contribution in [0.3, 0.4) is 0 Å². The minimum Gasteiger partial charge on any atom is -0.454 e. The van der Waals surface area contributed by atoms with Gasteiger partial charge in [0.25, 0.3) is 5.78 Å². The summed E-state index contributed by atoms with van der Waals surface area (Å²) in [6.07, 6.45) is 14.8. The van der Waals surface area contributed by atoms with E-state index >= 15 is 0 Å².